The van der Waals surface area contributed by atoms with Gasteiger partial charge in [0.05, 0.1) is 6.04 Å². The van der Waals surface area contributed by atoms with E-state index in [1.165, 1.54) is 30.6 Å². The zero-order valence-corrected chi connectivity index (χ0v) is 22.6. The number of fused-ring (bicyclic) bond motifs is 2. The molecule has 3 fully saturated rings. The number of aryl methyl sites for hydroxylation is 1. The van der Waals surface area contributed by atoms with Crippen LogP contribution in [0.3, 0.4) is 0 Å². The fraction of sp³-hybridized carbons (Fsp3) is 0.741. The van der Waals surface area contributed by atoms with Crippen LogP contribution >= 0.6 is 11.3 Å². The van der Waals surface area contributed by atoms with Crippen LogP contribution in [0, 0.1) is 12.8 Å². The minimum Gasteiger partial charge on any atom is -0.348 e. The highest BCUT2D eigenvalue weighted by Gasteiger charge is 2.42. The summed E-state index contributed by atoms with van der Waals surface area (Å²) in [5, 5.41) is 14.5. The quantitative estimate of drug-likeness (QED) is 0.579. The molecule has 4 atom stereocenters. The molecule has 0 aromatic carbocycles. The lowest BCUT2D eigenvalue weighted by molar-refractivity contribution is -0.127. The number of hydrogen-bond acceptors (Lipinski definition) is 6. The number of carbonyl (C=O) groups is 1. The number of likely N-dealkylation sites (tertiary alicyclic amines) is 1. The molecule has 5 rings (SSSR count). The van der Waals surface area contributed by atoms with Gasteiger partial charge in [-0.15, -0.1) is 21.5 Å². The number of rotatable bonds is 8. The van der Waals surface area contributed by atoms with Crippen LogP contribution in [0.15, 0.2) is 17.5 Å². The molecule has 3 aliphatic rings. The van der Waals surface area contributed by atoms with Crippen LogP contribution < -0.4 is 5.32 Å². The summed E-state index contributed by atoms with van der Waals surface area (Å²) < 4.78 is 2.43. The molecule has 0 aliphatic carbocycles. The van der Waals surface area contributed by atoms with Gasteiger partial charge in [-0.2, -0.15) is 0 Å². The van der Waals surface area contributed by atoms with E-state index < -0.39 is 0 Å². The number of aromatic nitrogens is 3. The molecule has 192 valence electrons. The second kappa shape index (κ2) is 10.7. The van der Waals surface area contributed by atoms with Gasteiger partial charge in [0.25, 0.3) is 0 Å². The summed E-state index contributed by atoms with van der Waals surface area (Å²) in [5.41, 5.74) is 0. The van der Waals surface area contributed by atoms with Crippen LogP contribution in [0.2, 0.25) is 0 Å². The molecular formula is C27H42N6OS. The van der Waals surface area contributed by atoms with Gasteiger partial charge in [0.1, 0.15) is 11.6 Å². The highest BCUT2D eigenvalue weighted by molar-refractivity contribution is 7.10. The highest BCUT2D eigenvalue weighted by Crippen LogP contribution is 2.42. The van der Waals surface area contributed by atoms with Gasteiger partial charge in [0, 0.05) is 41.4 Å². The average Bonchev–Trinajstić information content (AvgIpc) is 3.55. The minimum atomic E-state index is 0.118. The molecule has 0 spiro atoms. The molecule has 35 heavy (non-hydrogen) atoms. The molecule has 8 heteroatoms. The van der Waals surface area contributed by atoms with Crippen molar-refractivity contribution < 1.29 is 4.79 Å². The van der Waals surface area contributed by atoms with Crippen LogP contribution in [0.5, 0.6) is 0 Å². The molecular weight excluding hydrogens is 456 g/mol. The number of nitrogens with one attached hydrogen (secondary N) is 1. The Kier molecular flexibility index (Phi) is 7.61. The Morgan fingerprint density at radius 1 is 1.11 bits per heavy atom. The third-order valence-electron chi connectivity index (χ3n) is 8.60. The Bertz CT molecular complexity index is 966. The lowest BCUT2D eigenvalue weighted by Gasteiger charge is -2.40. The predicted molar refractivity (Wildman–Crippen MR) is 141 cm³/mol. The Morgan fingerprint density at radius 3 is 2.46 bits per heavy atom. The largest absolute Gasteiger partial charge is 0.348 e. The SMILES string of the molecule is Cc1nnc(C(C)C)n1[C@@H]1C[C@H]2CC[C@@H](C1)N2CC[C@H](NC(=O)C1CCN(C)CC1)c1cccs1. The van der Waals surface area contributed by atoms with E-state index in [1.54, 1.807) is 11.3 Å². The number of hydrogen-bond donors (Lipinski definition) is 1. The second-order valence-corrected chi connectivity index (χ2v) is 12.3. The van der Waals surface area contributed by atoms with E-state index in [0.717, 1.165) is 50.5 Å². The average molecular weight is 499 g/mol. The maximum Gasteiger partial charge on any atom is 0.223 e. The van der Waals surface area contributed by atoms with Gasteiger partial charge < -0.3 is 14.8 Å². The maximum atomic E-state index is 13.1. The zero-order chi connectivity index (χ0) is 24.5. The molecule has 1 N–H and O–H groups in total. The van der Waals surface area contributed by atoms with Gasteiger partial charge in [-0.05, 0) is 83.5 Å². The van der Waals surface area contributed by atoms with Crippen molar-refractivity contribution in [3.8, 4) is 0 Å². The first-order valence-electron chi connectivity index (χ1n) is 13.6. The number of thiophene rings is 1. The first-order chi connectivity index (χ1) is 16.9. The summed E-state index contributed by atoms with van der Waals surface area (Å²) >= 11 is 1.77. The molecule has 5 heterocycles. The minimum absolute atomic E-state index is 0.118. The predicted octanol–water partition coefficient (Wildman–Crippen LogP) is 4.53. The third-order valence-corrected chi connectivity index (χ3v) is 9.59. The summed E-state index contributed by atoms with van der Waals surface area (Å²) in [7, 11) is 2.15. The van der Waals surface area contributed by atoms with Crippen LogP contribution in [0.4, 0.5) is 0 Å². The summed E-state index contributed by atoms with van der Waals surface area (Å²) in [6, 6.07) is 6.16. The van der Waals surface area contributed by atoms with E-state index in [4.69, 9.17) is 0 Å². The number of carbonyl (C=O) groups excluding carboxylic acids is 1. The molecule has 0 saturated carbocycles. The molecule has 1 amide bonds. The van der Waals surface area contributed by atoms with Crippen molar-refractivity contribution in [3.63, 3.8) is 0 Å². The Hall–Kier alpha value is -1.77. The van der Waals surface area contributed by atoms with Crippen molar-refractivity contribution >= 4 is 17.2 Å². The Labute approximate surface area is 214 Å². The van der Waals surface area contributed by atoms with Crippen molar-refractivity contribution in [1.82, 2.24) is 29.9 Å². The van der Waals surface area contributed by atoms with Crippen LogP contribution in [-0.2, 0) is 4.79 Å². The van der Waals surface area contributed by atoms with Gasteiger partial charge in [-0.1, -0.05) is 19.9 Å². The van der Waals surface area contributed by atoms with Crippen molar-refractivity contribution in [2.24, 2.45) is 5.92 Å². The normalized spacial score (nSPS) is 26.9. The summed E-state index contributed by atoms with van der Waals surface area (Å²) in [4.78, 5) is 19.5. The molecule has 2 bridgehead atoms. The van der Waals surface area contributed by atoms with E-state index >= 15 is 0 Å². The van der Waals surface area contributed by atoms with Crippen LogP contribution in [0.25, 0.3) is 0 Å². The third kappa shape index (κ3) is 5.35. The molecule has 2 aromatic rings. The lowest BCUT2D eigenvalue weighted by atomic mass is 9.94. The van der Waals surface area contributed by atoms with Crippen molar-refractivity contribution in [3.05, 3.63) is 34.0 Å². The van der Waals surface area contributed by atoms with Crippen LogP contribution in [-0.4, -0.2) is 69.2 Å². The molecule has 7 nitrogen and oxygen atoms in total. The topological polar surface area (TPSA) is 66.3 Å². The fourth-order valence-electron chi connectivity index (χ4n) is 6.67. The summed E-state index contributed by atoms with van der Waals surface area (Å²) in [6.45, 7) is 9.62. The monoisotopic (exact) mass is 498 g/mol. The van der Waals surface area contributed by atoms with Crippen molar-refractivity contribution in [2.45, 2.75) is 95.8 Å². The standard InChI is InChI=1S/C27H42N6OS/c1-18(2)26-30-29-19(3)33(26)23-16-21-7-8-22(17-23)32(21)14-11-24(25-6-5-15-35-25)28-27(34)20-9-12-31(4)13-10-20/h5-6,15,18,20-24H,7-14,16-17H2,1-4H3,(H,28,34)/t21-,22+,23-,24-/m0/s1. The summed E-state index contributed by atoms with van der Waals surface area (Å²) in [5.74, 6) is 2.99. The molecule has 3 saturated heterocycles. The van der Waals surface area contributed by atoms with Crippen molar-refractivity contribution in [1.29, 1.82) is 0 Å². The van der Waals surface area contributed by atoms with Gasteiger partial charge in [0.2, 0.25) is 5.91 Å². The fourth-order valence-corrected chi connectivity index (χ4v) is 7.48. The highest BCUT2D eigenvalue weighted by atomic mass is 32.1. The van der Waals surface area contributed by atoms with E-state index in [-0.39, 0.29) is 17.9 Å². The summed E-state index contributed by atoms with van der Waals surface area (Å²) in [6.07, 6.45) is 7.85. The second-order valence-electron chi connectivity index (χ2n) is 11.3. The van der Waals surface area contributed by atoms with E-state index in [0.29, 0.717) is 24.0 Å². The zero-order valence-electron chi connectivity index (χ0n) is 21.8. The van der Waals surface area contributed by atoms with Gasteiger partial charge >= 0.3 is 0 Å². The molecule has 2 aromatic heterocycles. The van der Waals surface area contributed by atoms with E-state index in [2.05, 4.69) is 75.2 Å². The van der Waals surface area contributed by atoms with Crippen LogP contribution in [0.1, 0.15) is 93.3 Å². The first-order valence-corrected chi connectivity index (χ1v) is 14.5. The lowest BCUT2D eigenvalue weighted by Crippen LogP contribution is -2.45. The van der Waals surface area contributed by atoms with Gasteiger partial charge in [-0.25, -0.2) is 0 Å². The number of nitrogens with zero attached hydrogens (tertiary/aromatic N) is 5. The number of piperidine rings is 2. The first kappa shape index (κ1) is 24.9. The molecule has 3 aliphatic heterocycles. The van der Waals surface area contributed by atoms with Gasteiger partial charge in [-0.3, -0.25) is 9.69 Å². The molecule has 0 radical (unpaired) electrons. The Morgan fingerprint density at radius 2 is 1.83 bits per heavy atom. The smallest absolute Gasteiger partial charge is 0.223 e. The van der Waals surface area contributed by atoms with E-state index in [1.807, 2.05) is 0 Å². The van der Waals surface area contributed by atoms with Gasteiger partial charge in [0.15, 0.2) is 0 Å². The van der Waals surface area contributed by atoms with Crippen molar-refractivity contribution in [2.75, 3.05) is 26.7 Å². The maximum absolute atomic E-state index is 13.1. The molecule has 0 unspecified atom stereocenters. The Balaban J connectivity index is 1.23. The van der Waals surface area contributed by atoms with E-state index in [9.17, 15) is 4.79 Å². The number of amides is 1.